The van der Waals surface area contributed by atoms with Crippen LogP contribution in [0, 0.1) is 12.3 Å². The van der Waals surface area contributed by atoms with E-state index in [2.05, 4.69) is 10.1 Å². The Morgan fingerprint density at radius 2 is 1.97 bits per heavy atom. The first-order valence-electron chi connectivity index (χ1n) is 12.1. The van der Waals surface area contributed by atoms with Crippen LogP contribution in [0.1, 0.15) is 23.1 Å². The number of nitrogens with one attached hydrogen (secondary N) is 1. The number of amides is 2. The third-order valence-corrected chi connectivity index (χ3v) is 7.21. The smallest absolute Gasteiger partial charge is 0.283 e. The van der Waals surface area contributed by atoms with Gasteiger partial charge in [0, 0.05) is 13.1 Å². The van der Waals surface area contributed by atoms with Gasteiger partial charge in [-0.15, -0.1) is 0 Å². The van der Waals surface area contributed by atoms with E-state index in [1.54, 1.807) is 36.3 Å². The zero-order chi connectivity index (χ0) is 26.6. The second-order valence-corrected chi connectivity index (χ2v) is 9.85. The van der Waals surface area contributed by atoms with Crippen LogP contribution in [0.25, 0.3) is 6.08 Å². The number of benzene rings is 2. The Morgan fingerprint density at radius 1 is 1.18 bits per heavy atom. The van der Waals surface area contributed by atoms with Crippen LogP contribution in [0.15, 0.2) is 58.1 Å². The van der Waals surface area contributed by atoms with E-state index in [1.165, 1.54) is 5.01 Å². The van der Waals surface area contributed by atoms with Crippen molar-refractivity contribution >= 4 is 45.7 Å². The third-order valence-electron chi connectivity index (χ3n) is 6.31. The number of amidine groups is 2. The molecule has 0 spiro atoms. The molecule has 0 atom stereocenters. The van der Waals surface area contributed by atoms with Gasteiger partial charge in [-0.05, 0) is 53.6 Å². The number of thioether (sulfide) groups is 1. The van der Waals surface area contributed by atoms with Crippen LogP contribution >= 0.6 is 11.8 Å². The van der Waals surface area contributed by atoms with Gasteiger partial charge in [-0.2, -0.15) is 15.1 Å². The molecule has 0 unspecified atom stereocenters. The number of aliphatic imine (C=N–C) groups is 1. The molecule has 38 heavy (non-hydrogen) atoms. The summed E-state index contributed by atoms with van der Waals surface area (Å²) < 4.78 is 16.8. The Balaban J connectivity index is 1.30. The Labute approximate surface area is 224 Å². The summed E-state index contributed by atoms with van der Waals surface area (Å²) in [5.74, 6) is 0.373. The largest absolute Gasteiger partial charge is 0.493 e. The maximum atomic E-state index is 12.8. The number of aryl methyl sites for hydroxylation is 1. The van der Waals surface area contributed by atoms with Crippen molar-refractivity contribution in [1.82, 2.24) is 9.91 Å². The average molecular weight is 534 g/mol. The van der Waals surface area contributed by atoms with Gasteiger partial charge in [-0.25, -0.2) is 0 Å². The number of ether oxygens (including phenoxy) is 3. The van der Waals surface area contributed by atoms with Crippen LogP contribution in [-0.4, -0.2) is 71.2 Å². The van der Waals surface area contributed by atoms with E-state index in [-0.39, 0.29) is 28.9 Å². The highest BCUT2D eigenvalue weighted by Gasteiger charge is 2.36. The fraction of sp³-hybridized carbons (Fsp3) is 0.296. The van der Waals surface area contributed by atoms with E-state index < -0.39 is 5.91 Å². The van der Waals surface area contributed by atoms with Gasteiger partial charge in [0.25, 0.3) is 5.91 Å². The third kappa shape index (κ3) is 5.48. The zero-order valence-electron chi connectivity index (χ0n) is 21.1. The molecule has 10 nitrogen and oxygen atoms in total. The highest BCUT2D eigenvalue weighted by Crippen LogP contribution is 2.32. The van der Waals surface area contributed by atoms with Gasteiger partial charge in [0.15, 0.2) is 17.3 Å². The molecule has 3 aliphatic rings. The van der Waals surface area contributed by atoms with Gasteiger partial charge in [0.05, 0.1) is 32.3 Å². The molecule has 5 rings (SSSR count). The molecule has 0 bridgehead atoms. The average Bonchev–Trinajstić information content (AvgIpc) is 3.33. The molecule has 1 saturated heterocycles. The summed E-state index contributed by atoms with van der Waals surface area (Å²) in [7, 11) is 1.55. The number of morpholine rings is 1. The van der Waals surface area contributed by atoms with Gasteiger partial charge in [0.1, 0.15) is 11.7 Å². The van der Waals surface area contributed by atoms with Crippen LogP contribution in [0.3, 0.4) is 0 Å². The van der Waals surface area contributed by atoms with E-state index in [4.69, 9.17) is 19.6 Å². The predicted octanol–water partition coefficient (Wildman–Crippen LogP) is 3.45. The molecule has 1 fully saturated rings. The van der Waals surface area contributed by atoms with Crippen molar-refractivity contribution in [3.8, 4) is 11.5 Å². The van der Waals surface area contributed by atoms with Crippen molar-refractivity contribution in [2.75, 3.05) is 33.4 Å². The van der Waals surface area contributed by atoms with E-state index in [0.717, 1.165) is 22.9 Å². The molecule has 0 saturated carbocycles. The zero-order valence-corrected chi connectivity index (χ0v) is 21.9. The highest BCUT2D eigenvalue weighted by molar-refractivity contribution is 8.27. The first kappa shape index (κ1) is 25.7. The summed E-state index contributed by atoms with van der Waals surface area (Å²) in [4.78, 5) is 31.3. The summed E-state index contributed by atoms with van der Waals surface area (Å²) in [6, 6.07) is 13.3. The fourth-order valence-corrected chi connectivity index (χ4v) is 5.02. The minimum absolute atomic E-state index is 0.0644. The molecule has 0 aromatic heterocycles. The van der Waals surface area contributed by atoms with Gasteiger partial charge < -0.3 is 19.1 Å². The monoisotopic (exact) mass is 533 g/mol. The molecule has 196 valence electrons. The van der Waals surface area contributed by atoms with Gasteiger partial charge in [0.2, 0.25) is 11.1 Å². The Hall–Kier alpha value is -3.96. The second kappa shape index (κ2) is 11.2. The SMILES string of the molecule is COc1cc(/C=C2/C(=N)N3N=C(CC(=O)N4CCOCC4)SC3=NC2=O)ccc1OCc1ccccc1C. The number of hydrogen-bond donors (Lipinski definition) is 1. The number of carbonyl (C=O) groups is 2. The lowest BCUT2D eigenvalue weighted by molar-refractivity contribution is -0.133. The summed E-state index contributed by atoms with van der Waals surface area (Å²) >= 11 is 1.14. The molecular weight excluding hydrogens is 506 g/mol. The number of rotatable bonds is 7. The lowest BCUT2D eigenvalue weighted by Crippen LogP contribution is -2.41. The van der Waals surface area contributed by atoms with Crippen molar-refractivity contribution < 1.29 is 23.8 Å². The van der Waals surface area contributed by atoms with E-state index in [9.17, 15) is 9.59 Å². The quantitative estimate of drug-likeness (QED) is 0.542. The maximum Gasteiger partial charge on any atom is 0.283 e. The molecule has 11 heteroatoms. The Bertz CT molecular complexity index is 1380. The first-order valence-corrected chi connectivity index (χ1v) is 12.9. The van der Waals surface area contributed by atoms with Crippen LogP contribution < -0.4 is 9.47 Å². The van der Waals surface area contributed by atoms with Crippen molar-refractivity contribution in [2.24, 2.45) is 10.1 Å². The molecule has 2 amide bonds. The number of carbonyl (C=O) groups excluding carboxylic acids is 2. The summed E-state index contributed by atoms with van der Waals surface area (Å²) in [5.41, 5.74) is 2.95. The van der Waals surface area contributed by atoms with Crippen molar-refractivity contribution in [2.45, 2.75) is 20.0 Å². The lowest BCUT2D eigenvalue weighted by Gasteiger charge is -2.26. The predicted molar refractivity (Wildman–Crippen MR) is 146 cm³/mol. The Morgan fingerprint density at radius 3 is 2.74 bits per heavy atom. The van der Waals surface area contributed by atoms with Gasteiger partial charge in [-0.3, -0.25) is 15.0 Å². The standard InChI is InChI=1S/C27H27N5O5S/c1-17-5-3-4-6-19(17)16-37-21-8-7-18(14-22(21)35-2)13-20-25(28)32-27(29-26(20)34)38-23(30-32)15-24(33)31-9-11-36-12-10-31/h3-8,13-14,28H,9-12,15-16H2,1-2H3/b20-13-,28-25?. The van der Waals surface area contributed by atoms with E-state index in [1.807, 2.05) is 31.2 Å². The molecule has 0 aliphatic carbocycles. The molecular formula is C27H27N5O5S. The number of fused-ring (bicyclic) bond motifs is 1. The molecule has 2 aromatic carbocycles. The highest BCUT2D eigenvalue weighted by atomic mass is 32.2. The van der Waals surface area contributed by atoms with Crippen LogP contribution in [0.5, 0.6) is 11.5 Å². The first-order chi connectivity index (χ1) is 18.4. The van der Waals surface area contributed by atoms with Gasteiger partial charge in [-0.1, -0.05) is 30.3 Å². The van der Waals surface area contributed by atoms with E-state index >= 15 is 0 Å². The lowest BCUT2D eigenvalue weighted by atomic mass is 10.1. The van der Waals surface area contributed by atoms with Crippen molar-refractivity contribution in [3.05, 3.63) is 64.7 Å². The molecule has 1 N–H and O–H groups in total. The second-order valence-electron chi connectivity index (χ2n) is 8.81. The molecule has 3 heterocycles. The molecule has 2 aromatic rings. The van der Waals surface area contributed by atoms with Crippen LogP contribution in [0.2, 0.25) is 0 Å². The summed E-state index contributed by atoms with van der Waals surface area (Å²) in [6.07, 6.45) is 1.66. The fourth-order valence-electron chi connectivity index (χ4n) is 4.14. The minimum Gasteiger partial charge on any atom is -0.493 e. The Kier molecular flexibility index (Phi) is 7.57. The summed E-state index contributed by atoms with van der Waals surface area (Å²) in [5, 5.41) is 15.1. The number of hydrogen-bond acceptors (Lipinski definition) is 8. The number of nitrogens with zero attached hydrogens (tertiary/aromatic N) is 4. The molecule has 3 aliphatic heterocycles. The number of hydrazone groups is 1. The van der Waals surface area contributed by atoms with Crippen LogP contribution in [-0.2, 0) is 20.9 Å². The van der Waals surface area contributed by atoms with Gasteiger partial charge >= 0.3 is 0 Å². The van der Waals surface area contributed by atoms with Crippen molar-refractivity contribution in [1.29, 1.82) is 5.41 Å². The normalized spacial score (nSPS) is 18.3. The number of methoxy groups -OCH3 is 1. The summed E-state index contributed by atoms with van der Waals surface area (Å²) in [6.45, 7) is 4.54. The maximum absolute atomic E-state index is 12.8. The van der Waals surface area contributed by atoms with Crippen LogP contribution in [0.4, 0.5) is 0 Å². The minimum atomic E-state index is -0.538. The topological polar surface area (TPSA) is 117 Å². The van der Waals surface area contributed by atoms with Crippen molar-refractivity contribution in [3.63, 3.8) is 0 Å². The molecule has 0 radical (unpaired) electrons. The van der Waals surface area contributed by atoms with E-state index in [0.29, 0.717) is 55.0 Å².